The normalized spacial score (nSPS) is 19.9. The zero-order valence-corrected chi connectivity index (χ0v) is 13.8. The minimum atomic E-state index is -0.385. The Kier molecular flexibility index (Phi) is 3.63. The zero-order valence-electron chi connectivity index (χ0n) is 13.8. The van der Waals surface area contributed by atoms with E-state index in [0.29, 0.717) is 23.7 Å². The lowest BCUT2D eigenvalue weighted by molar-refractivity contribution is 0.703. The van der Waals surface area contributed by atoms with Crippen LogP contribution in [0.25, 0.3) is 11.2 Å². The van der Waals surface area contributed by atoms with E-state index in [4.69, 9.17) is 5.73 Å². The smallest absolute Gasteiger partial charge is 0.332 e. The van der Waals surface area contributed by atoms with Gasteiger partial charge < -0.3 is 15.6 Å². The highest BCUT2D eigenvalue weighted by Crippen LogP contribution is 2.25. The summed E-state index contributed by atoms with van der Waals surface area (Å²) in [5, 5.41) is 3.27. The van der Waals surface area contributed by atoms with Crippen molar-refractivity contribution in [2.24, 2.45) is 19.8 Å². The molecule has 2 atom stereocenters. The van der Waals surface area contributed by atoms with Crippen molar-refractivity contribution in [3.05, 3.63) is 32.5 Å². The summed E-state index contributed by atoms with van der Waals surface area (Å²) < 4.78 is 4.32. The SMILES string of the molecule is CC(C)=CCn1c(N[C@@H]2C[C@@H]2N)nc2c1c(=O)n(C)c(=O)n2C. The van der Waals surface area contributed by atoms with E-state index < -0.39 is 0 Å². The van der Waals surface area contributed by atoms with Crippen LogP contribution in [0.1, 0.15) is 20.3 Å². The monoisotopic (exact) mass is 318 g/mol. The average molecular weight is 318 g/mol. The fourth-order valence-electron chi connectivity index (χ4n) is 2.55. The molecule has 8 heteroatoms. The number of imidazole rings is 1. The average Bonchev–Trinajstić information content (AvgIpc) is 3.06. The van der Waals surface area contributed by atoms with Gasteiger partial charge in [-0.05, 0) is 20.3 Å². The van der Waals surface area contributed by atoms with E-state index in [0.717, 1.165) is 16.6 Å². The Labute approximate surface area is 133 Å². The summed E-state index contributed by atoms with van der Waals surface area (Å²) in [7, 11) is 3.10. The molecule has 0 saturated heterocycles. The summed E-state index contributed by atoms with van der Waals surface area (Å²) in [5.74, 6) is 0.578. The highest BCUT2D eigenvalue weighted by molar-refractivity contribution is 5.74. The lowest BCUT2D eigenvalue weighted by Crippen LogP contribution is -2.37. The predicted molar refractivity (Wildman–Crippen MR) is 89.6 cm³/mol. The Morgan fingerprint density at radius 1 is 1.35 bits per heavy atom. The van der Waals surface area contributed by atoms with Crippen LogP contribution in [0.3, 0.4) is 0 Å². The van der Waals surface area contributed by atoms with Crippen LogP contribution >= 0.6 is 0 Å². The second-order valence-electron chi connectivity index (χ2n) is 6.36. The van der Waals surface area contributed by atoms with Gasteiger partial charge in [0.1, 0.15) is 0 Å². The standard InChI is InChI=1S/C15H22N6O2/c1-8(2)5-6-21-11-12(18-14(21)17-10-7-9(10)16)19(3)15(23)20(4)13(11)22/h5,9-10H,6-7,16H2,1-4H3,(H,17,18)/t9-,10+/m0/s1. The third kappa shape index (κ3) is 2.59. The molecule has 3 N–H and O–H groups in total. The zero-order chi connectivity index (χ0) is 16.9. The molecule has 0 bridgehead atoms. The van der Waals surface area contributed by atoms with Gasteiger partial charge in [-0.1, -0.05) is 11.6 Å². The van der Waals surface area contributed by atoms with Crippen LogP contribution in [-0.2, 0) is 20.6 Å². The number of aromatic nitrogens is 4. The van der Waals surface area contributed by atoms with Crippen LogP contribution in [-0.4, -0.2) is 30.8 Å². The number of nitrogens with two attached hydrogens (primary N) is 1. The van der Waals surface area contributed by atoms with Gasteiger partial charge in [0.25, 0.3) is 5.56 Å². The molecule has 2 aromatic rings. The van der Waals surface area contributed by atoms with Crippen molar-refractivity contribution in [1.82, 2.24) is 18.7 Å². The van der Waals surface area contributed by atoms with E-state index in [-0.39, 0.29) is 23.3 Å². The summed E-state index contributed by atoms with van der Waals surface area (Å²) in [6, 6.07) is 0.275. The Hall–Kier alpha value is -2.35. The van der Waals surface area contributed by atoms with Gasteiger partial charge in [0, 0.05) is 32.7 Å². The van der Waals surface area contributed by atoms with Gasteiger partial charge in [-0.2, -0.15) is 4.98 Å². The number of fused-ring (bicyclic) bond motifs is 1. The first-order chi connectivity index (χ1) is 10.8. The molecule has 0 spiro atoms. The molecule has 23 heavy (non-hydrogen) atoms. The number of anilines is 1. The lowest BCUT2D eigenvalue weighted by Gasteiger charge is -2.09. The predicted octanol–water partition coefficient (Wildman–Crippen LogP) is -0.0886. The minimum Gasteiger partial charge on any atom is -0.351 e. The molecule has 0 radical (unpaired) electrons. The van der Waals surface area contributed by atoms with Crippen LogP contribution in [0.15, 0.2) is 21.2 Å². The topological polar surface area (TPSA) is 99.9 Å². The van der Waals surface area contributed by atoms with Crippen molar-refractivity contribution in [2.75, 3.05) is 5.32 Å². The van der Waals surface area contributed by atoms with Gasteiger partial charge in [-0.25, -0.2) is 4.79 Å². The van der Waals surface area contributed by atoms with E-state index in [1.807, 2.05) is 24.5 Å². The van der Waals surface area contributed by atoms with Crippen molar-refractivity contribution in [1.29, 1.82) is 0 Å². The molecule has 2 aromatic heterocycles. The number of hydrogen-bond donors (Lipinski definition) is 2. The first-order valence-electron chi connectivity index (χ1n) is 7.63. The summed E-state index contributed by atoms with van der Waals surface area (Å²) in [6.07, 6.45) is 2.90. The molecule has 1 saturated carbocycles. The first-order valence-corrected chi connectivity index (χ1v) is 7.63. The van der Waals surface area contributed by atoms with E-state index in [1.165, 1.54) is 11.6 Å². The van der Waals surface area contributed by atoms with E-state index in [1.54, 1.807) is 7.05 Å². The van der Waals surface area contributed by atoms with Gasteiger partial charge in [0.05, 0.1) is 0 Å². The Morgan fingerprint density at radius 3 is 2.57 bits per heavy atom. The van der Waals surface area contributed by atoms with Crippen LogP contribution < -0.4 is 22.3 Å². The molecular weight excluding hydrogens is 296 g/mol. The fraction of sp³-hybridized carbons (Fsp3) is 0.533. The van der Waals surface area contributed by atoms with Gasteiger partial charge in [0.15, 0.2) is 11.2 Å². The first kappa shape index (κ1) is 15.5. The molecule has 0 aliphatic heterocycles. The summed E-state index contributed by atoms with van der Waals surface area (Å²) in [4.78, 5) is 29.1. The Bertz CT molecular complexity index is 913. The molecule has 124 valence electrons. The quantitative estimate of drug-likeness (QED) is 0.768. The van der Waals surface area contributed by atoms with E-state index in [2.05, 4.69) is 10.3 Å². The van der Waals surface area contributed by atoms with Crippen LogP contribution in [0, 0.1) is 0 Å². The van der Waals surface area contributed by atoms with Gasteiger partial charge in [0.2, 0.25) is 5.95 Å². The van der Waals surface area contributed by atoms with Crippen molar-refractivity contribution in [3.63, 3.8) is 0 Å². The lowest BCUT2D eigenvalue weighted by atomic mass is 10.3. The number of rotatable bonds is 4. The van der Waals surface area contributed by atoms with Crippen LogP contribution in [0.2, 0.25) is 0 Å². The maximum Gasteiger partial charge on any atom is 0.332 e. The minimum absolute atomic E-state index is 0.110. The third-order valence-corrected chi connectivity index (χ3v) is 4.18. The molecule has 3 rings (SSSR count). The molecule has 0 amide bonds. The highest BCUT2D eigenvalue weighted by atomic mass is 16.2. The van der Waals surface area contributed by atoms with E-state index in [9.17, 15) is 9.59 Å². The maximum absolute atomic E-state index is 12.6. The molecule has 1 aliphatic rings. The van der Waals surface area contributed by atoms with E-state index >= 15 is 0 Å². The maximum atomic E-state index is 12.6. The van der Waals surface area contributed by atoms with Crippen molar-refractivity contribution >= 4 is 17.1 Å². The van der Waals surface area contributed by atoms with Crippen molar-refractivity contribution in [3.8, 4) is 0 Å². The number of allylic oxidation sites excluding steroid dienone is 2. The van der Waals surface area contributed by atoms with Crippen LogP contribution in [0.4, 0.5) is 5.95 Å². The van der Waals surface area contributed by atoms with Crippen molar-refractivity contribution in [2.45, 2.75) is 38.9 Å². The second kappa shape index (κ2) is 5.38. The van der Waals surface area contributed by atoms with Crippen molar-refractivity contribution < 1.29 is 0 Å². The number of nitrogens with zero attached hydrogens (tertiary/aromatic N) is 4. The number of aryl methyl sites for hydroxylation is 1. The van der Waals surface area contributed by atoms with Gasteiger partial charge in [-0.15, -0.1) is 0 Å². The van der Waals surface area contributed by atoms with Crippen LogP contribution in [0.5, 0.6) is 0 Å². The molecule has 0 unspecified atom stereocenters. The van der Waals surface area contributed by atoms with Gasteiger partial charge >= 0.3 is 5.69 Å². The molecule has 8 nitrogen and oxygen atoms in total. The third-order valence-electron chi connectivity index (χ3n) is 4.18. The molecule has 0 aromatic carbocycles. The summed E-state index contributed by atoms with van der Waals surface area (Å²) in [6.45, 7) is 4.50. The largest absolute Gasteiger partial charge is 0.351 e. The highest BCUT2D eigenvalue weighted by Gasteiger charge is 2.35. The van der Waals surface area contributed by atoms with Gasteiger partial charge in [-0.3, -0.25) is 13.9 Å². The number of nitrogens with one attached hydrogen (secondary N) is 1. The second-order valence-corrected chi connectivity index (χ2v) is 6.36. The summed E-state index contributed by atoms with van der Waals surface area (Å²) in [5.41, 5.74) is 7.08. The molecule has 2 heterocycles. The summed E-state index contributed by atoms with van der Waals surface area (Å²) >= 11 is 0. The Morgan fingerprint density at radius 2 is 2.00 bits per heavy atom. The number of hydrogen-bond acceptors (Lipinski definition) is 5. The molecule has 1 fully saturated rings. The molecular formula is C15H22N6O2. The fourth-order valence-corrected chi connectivity index (χ4v) is 2.55. The molecule has 1 aliphatic carbocycles. The Balaban J connectivity index is 2.25.